The van der Waals surface area contributed by atoms with Gasteiger partial charge in [-0.3, -0.25) is 0 Å². The molecular weight excluding hydrogens is 376 g/mol. The van der Waals surface area contributed by atoms with Gasteiger partial charge in [0.05, 0.1) is 17.6 Å². The summed E-state index contributed by atoms with van der Waals surface area (Å²) in [6.45, 7) is 5.43. The zero-order valence-corrected chi connectivity index (χ0v) is 17.3. The van der Waals surface area contributed by atoms with Crippen molar-refractivity contribution >= 4 is 11.6 Å². The van der Waals surface area contributed by atoms with Gasteiger partial charge in [0.25, 0.3) is 0 Å². The van der Waals surface area contributed by atoms with Crippen molar-refractivity contribution in [2.24, 2.45) is 0 Å². The van der Waals surface area contributed by atoms with Crippen LogP contribution in [0.3, 0.4) is 0 Å². The molecule has 0 saturated carbocycles. The maximum atomic E-state index is 10.5. The molecule has 0 radical (unpaired) electrons. The van der Waals surface area contributed by atoms with Crippen molar-refractivity contribution in [3.63, 3.8) is 0 Å². The second kappa shape index (κ2) is 8.08. The zero-order chi connectivity index (χ0) is 21.1. The molecule has 0 fully saturated rings. The van der Waals surface area contributed by atoms with Crippen LogP contribution in [0.25, 0.3) is 22.6 Å². The summed E-state index contributed by atoms with van der Waals surface area (Å²) >= 11 is 0. The lowest BCUT2D eigenvalue weighted by molar-refractivity contribution is 0.0739. The first kappa shape index (κ1) is 19.8. The largest absolute Gasteiger partial charge is 0.441 e. The van der Waals surface area contributed by atoms with Crippen LogP contribution in [0, 0.1) is 0 Å². The van der Waals surface area contributed by atoms with Gasteiger partial charge in [0.2, 0.25) is 5.95 Å². The lowest BCUT2D eigenvalue weighted by atomic mass is 10.0. The average molecular weight is 400 g/mol. The highest BCUT2D eigenvalue weighted by Crippen LogP contribution is 2.27. The van der Waals surface area contributed by atoms with Gasteiger partial charge < -0.3 is 14.8 Å². The number of hydrogen-bond donors (Lipinski definition) is 2. The molecule has 0 bridgehead atoms. The molecule has 0 unspecified atom stereocenters. The van der Waals surface area contributed by atoms with E-state index in [1.165, 1.54) is 0 Å². The fourth-order valence-corrected chi connectivity index (χ4v) is 3.03. The summed E-state index contributed by atoms with van der Waals surface area (Å²) in [6, 6.07) is 19.5. The molecule has 4 rings (SSSR count). The SMILES string of the molecule is CCc1ncc(-c2ccc(Nc3nc(-c4ccccc4)cc(C(C)(C)O)n3)cc2)o1. The van der Waals surface area contributed by atoms with E-state index in [2.05, 4.69) is 20.3 Å². The van der Waals surface area contributed by atoms with Gasteiger partial charge >= 0.3 is 0 Å². The van der Waals surface area contributed by atoms with Crippen molar-refractivity contribution in [3.8, 4) is 22.6 Å². The van der Waals surface area contributed by atoms with Crippen LogP contribution < -0.4 is 5.32 Å². The molecule has 0 amide bonds. The molecule has 6 nitrogen and oxygen atoms in total. The Balaban J connectivity index is 1.63. The van der Waals surface area contributed by atoms with Gasteiger partial charge in [-0.15, -0.1) is 0 Å². The van der Waals surface area contributed by atoms with Gasteiger partial charge in [0.1, 0.15) is 5.60 Å². The van der Waals surface area contributed by atoms with Gasteiger partial charge in [-0.2, -0.15) is 0 Å². The Bertz CT molecular complexity index is 1130. The molecule has 2 N–H and O–H groups in total. The van der Waals surface area contributed by atoms with E-state index in [9.17, 15) is 5.11 Å². The van der Waals surface area contributed by atoms with E-state index in [0.29, 0.717) is 11.6 Å². The van der Waals surface area contributed by atoms with Gasteiger partial charge in [-0.05, 0) is 44.2 Å². The number of aromatic nitrogens is 3. The summed E-state index contributed by atoms with van der Waals surface area (Å²) in [6.07, 6.45) is 2.50. The molecule has 152 valence electrons. The second-order valence-electron chi connectivity index (χ2n) is 7.56. The maximum Gasteiger partial charge on any atom is 0.228 e. The Morgan fingerprint density at radius 3 is 2.33 bits per heavy atom. The number of oxazole rings is 1. The molecule has 0 aliphatic rings. The molecule has 0 atom stereocenters. The molecule has 2 aromatic heterocycles. The third kappa shape index (κ3) is 4.39. The van der Waals surface area contributed by atoms with Crippen LogP contribution in [0.15, 0.2) is 71.3 Å². The molecule has 2 heterocycles. The van der Waals surface area contributed by atoms with Crippen molar-refractivity contribution in [1.82, 2.24) is 15.0 Å². The number of rotatable bonds is 6. The van der Waals surface area contributed by atoms with E-state index >= 15 is 0 Å². The molecule has 6 heteroatoms. The minimum atomic E-state index is -1.09. The number of nitrogens with one attached hydrogen (secondary N) is 1. The first-order valence-electron chi connectivity index (χ1n) is 9.92. The highest BCUT2D eigenvalue weighted by Gasteiger charge is 2.20. The first-order chi connectivity index (χ1) is 14.4. The Kier molecular flexibility index (Phi) is 5.33. The number of aryl methyl sites for hydroxylation is 1. The molecular formula is C24H24N4O2. The number of anilines is 2. The van der Waals surface area contributed by atoms with Crippen molar-refractivity contribution in [2.75, 3.05) is 5.32 Å². The molecule has 30 heavy (non-hydrogen) atoms. The standard InChI is InChI=1S/C24H24N4O2/c1-4-22-25-15-20(30-22)17-10-12-18(13-11-17)26-23-27-19(16-8-6-5-7-9-16)14-21(28-23)24(2,3)29/h5-15,29H,4H2,1-3H3,(H,26,27,28). The van der Waals surface area contributed by atoms with E-state index in [1.54, 1.807) is 20.0 Å². The van der Waals surface area contributed by atoms with Crippen LogP contribution in [0.2, 0.25) is 0 Å². The van der Waals surface area contributed by atoms with E-state index in [1.807, 2.05) is 67.6 Å². The summed E-state index contributed by atoms with van der Waals surface area (Å²) in [5.74, 6) is 1.89. The normalized spacial score (nSPS) is 11.5. The first-order valence-corrected chi connectivity index (χ1v) is 9.92. The molecule has 0 aliphatic heterocycles. The number of benzene rings is 2. The van der Waals surface area contributed by atoms with Crippen molar-refractivity contribution in [1.29, 1.82) is 0 Å². The number of nitrogens with zero attached hydrogens (tertiary/aromatic N) is 3. The predicted molar refractivity (Wildman–Crippen MR) is 117 cm³/mol. The van der Waals surface area contributed by atoms with Crippen LogP contribution >= 0.6 is 0 Å². The van der Waals surface area contributed by atoms with E-state index in [4.69, 9.17) is 4.42 Å². The van der Waals surface area contributed by atoms with Crippen LogP contribution in [0.1, 0.15) is 32.4 Å². The van der Waals surface area contributed by atoms with Gasteiger partial charge in [-0.1, -0.05) is 37.3 Å². The molecule has 0 saturated heterocycles. The fraction of sp³-hybridized carbons (Fsp3) is 0.208. The summed E-state index contributed by atoms with van der Waals surface area (Å²) in [5.41, 5.74) is 2.95. The third-order valence-corrected chi connectivity index (χ3v) is 4.70. The van der Waals surface area contributed by atoms with Gasteiger partial charge in [0.15, 0.2) is 11.7 Å². The lowest BCUT2D eigenvalue weighted by Crippen LogP contribution is -2.19. The Labute approximate surface area is 175 Å². The van der Waals surface area contributed by atoms with Crippen LogP contribution in [-0.4, -0.2) is 20.1 Å². The molecule has 2 aromatic carbocycles. The summed E-state index contributed by atoms with van der Waals surface area (Å²) < 4.78 is 5.71. The smallest absolute Gasteiger partial charge is 0.228 e. The molecule has 0 aliphatic carbocycles. The quantitative estimate of drug-likeness (QED) is 0.455. The topological polar surface area (TPSA) is 84.1 Å². The van der Waals surface area contributed by atoms with Crippen molar-refractivity contribution in [2.45, 2.75) is 32.8 Å². The monoisotopic (exact) mass is 400 g/mol. The average Bonchev–Trinajstić information content (AvgIpc) is 3.23. The number of hydrogen-bond acceptors (Lipinski definition) is 6. The third-order valence-electron chi connectivity index (χ3n) is 4.70. The summed E-state index contributed by atoms with van der Waals surface area (Å²) in [7, 11) is 0. The van der Waals surface area contributed by atoms with Crippen LogP contribution in [0.5, 0.6) is 0 Å². The number of aliphatic hydroxyl groups is 1. The Morgan fingerprint density at radius 2 is 1.70 bits per heavy atom. The van der Waals surface area contributed by atoms with Gasteiger partial charge in [-0.25, -0.2) is 15.0 Å². The fourth-order valence-electron chi connectivity index (χ4n) is 3.03. The van der Waals surface area contributed by atoms with Crippen LogP contribution in [-0.2, 0) is 12.0 Å². The molecule has 0 spiro atoms. The van der Waals surface area contributed by atoms with E-state index in [-0.39, 0.29) is 0 Å². The minimum Gasteiger partial charge on any atom is -0.441 e. The Hall–Kier alpha value is -3.51. The highest BCUT2D eigenvalue weighted by molar-refractivity contribution is 5.65. The minimum absolute atomic E-state index is 0.425. The molecule has 4 aromatic rings. The summed E-state index contributed by atoms with van der Waals surface area (Å²) in [5, 5.41) is 13.7. The van der Waals surface area contributed by atoms with E-state index in [0.717, 1.165) is 40.6 Å². The van der Waals surface area contributed by atoms with Crippen molar-refractivity contribution in [3.05, 3.63) is 78.4 Å². The lowest BCUT2D eigenvalue weighted by Gasteiger charge is -2.19. The highest BCUT2D eigenvalue weighted by atomic mass is 16.4. The van der Waals surface area contributed by atoms with Gasteiger partial charge in [0, 0.05) is 23.2 Å². The Morgan fingerprint density at radius 1 is 0.967 bits per heavy atom. The van der Waals surface area contributed by atoms with Crippen LogP contribution in [0.4, 0.5) is 11.6 Å². The zero-order valence-electron chi connectivity index (χ0n) is 17.3. The second-order valence-corrected chi connectivity index (χ2v) is 7.56. The van der Waals surface area contributed by atoms with E-state index < -0.39 is 5.60 Å². The predicted octanol–water partition coefficient (Wildman–Crippen LogP) is 5.33. The maximum absolute atomic E-state index is 10.5. The van der Waals surface area contributed by atoms with Crippen molar-refractivity contribution < 1.29 is 9.52 Å². The summed E-state index contributed by atoms with van der Waals surface area (Å²) in [4.78, 5) is 13.4.